The van der Waals surface area contributed by atoms with E-state index in [9.17, 15) is 4.79 Å². The lowest BCUT2D eigenvalue weighted by Crippen LogP contribution is -1.98. The highest BCUT2D eigenvalue weighted by Gasteiger charge is 2.00. The molecule has 92 valence electrons. The van der Waals surface area contributed by atoms with Crippen LogP contribution in [-0.4, -0.2) is 13.1 Å². The zero-order valence-corrected chi connectivity index (χ0v) is 11.1. The molecule has 4 heteroatoms. The van der Waals surface area contributed by atoms with Crippen LogP contribution >= 0.6 is 23.2 Å². The Hall–Kier alpha value is -0.990. The number of hydrogen-bond donors (Lipinski definition) is 0. The Morgan fingerprint density at radius 1 is 1.41 bits per heavy atom. The van der Waals surface area contributed by atoms with Crippen LogP contribution in [0.2, 0.25) is 10.0 Å². The number of halogens is 2. The van der Waals surface area contributed by atoms with E-state index in [1.54, 1.807) is 6.07 Å². The molecule has 17 heavy (non-hydrogen) atoms. The molecule has 0 aliphatic heterocycles. The lowest BCUT2D eigenvalue weighted by Gasteiger charge is -2.00. The van der Waals surface area contributed by atoms with Crippen molar-refractivity contribution < 1.29 is 9.53 Å². The lowest BCUT2D eigenvalue weighted by molar-refractivity contribution is -0.140. The molecule has 2 nitrogen and oxygen atoms in total. The van der Waals surface area contributed by atoms with Gasteiger partial charge in [-0.2, -0.15) is 0 Å². The van der Waals surface area contributed by atoms with Crippen LogP contribution in [0.4, 0.5) is 0 Å². The Bertz CT molecular complexity index is 414. The topological polar surface area (TPSA) is 26.3 Å². The number of ether oxygens (including phenoxy) is 1. The van der Waals surface area contributed by atoms with Gasteiger partial charge in [-0.15, -0.1) is 0 Å². The van der Waals surface area contributed by atoms with Crippen LogP contribution < -0.4 is 0 Å². The third kappa shape index (κ3) is 4.80. The fraction of sp³-hybridized carbons (Fsp3) is 0.308. The average molecular weight is 273 g/mol. The minimum absolute atomic E-state index is 0.181. The van der Waals surface area contributed by atoms with Gasteiger partial charge >= 0.3 is 5.97 Å². The summed E-state index contributed by atoms with van der Waals surface area (Å²) in [6, 6.07) is 5.49. The van der Waals surface area contributed by atoms with Gasteiger partial charge in [-0.25, -0.2) is 0 Å². The maximum Gasteiger partial charge on any atom is 0.305 e. The molecule has 0 saturated heterocycles. The number of allylic oxidation sites excluding steroid dienone is 1. The molecule has 1 rings (SSSR count). The highest BCUT2D eigenvalue weighted by molar-refractivity contribution is 6.42. The number of unbranched alkanes of at least 4 members (excludes halogenated alkanes) is 1. The van der Waals surface area contributed by atoms with Gasteiger partial charge in [0.15, 0.2) is 0 Å². The highest BCUT2D eigenvalue weighted by atomic mass is 35.5. The van der Waals surface area contributed by atoms with E-state index in [0.29, 0.717) is 16.5 Å². The van der Waals surface area contributed by atoms with Gasteiger partial charge in [0.1, 0.15) is 0 Å². The van der Waals surface area contributed by atoms with Crippen LogP contribution in [0.3, 0.4) is 0 Å². The lowest BCUT2D eigenvalue weighted by atomic mass is 10.1. The van der Waals surface area contributed by atoms with Crippen molar-refractivity contribution in [1.29, 1.82) is 0 Å². The minimum atomic E-state index is -0.181. The summed E-state index contributed by atoms with van der Waals surface area (Å²) in [4.78, 5) is 10.9. The Balaban J connectivity index is 2.43. The number of benzene rings is 1. The largest absolute Gasteiger partial charge is 0.469 e. The minimum Gasteiger partial charge on any atom is -0.469 e. The molecule has 0 aliphatic carbocycles. The number of methoxy groups -OCH3 is 1. The summed E-state index contributed by atoms with van der Waals surface area (Å²) in [6.07, 6.45) is 5.88. The molecule has 0 amide bonds. The average Bonchev–Trinajstić information content (AvgIpc) is 2.33. The van der Waals surface area contributed by atoms with Crippen molar-refractivity contribution in [2.45, 2.75) is 19.3 Å². The smallest absolute Gasteiger partial charge is 0.305 e. The first-order chi connectivity index (χ1) is 8.15. The van der Waals surface area contributed by atoms with Gasteiger partial charge in [0, 0.05) is 6.42 Å². The molecule has 0 fully saturated rings. The van der Waals surface area contributed by atoms with Crippen molar-refractivity contribution >= 4 is 35.2 Å². The molecule has 0 spiro atoms. The molecule has 0 atom stereocenters. The molecule has 0 bridgehead atoms. The molecule has 1 aromatic carbocycles. The third-order valence-corrected chi connectivity index (χ3v) is 3.09. The zero-order chi connectivity index (χ0) is 12.7. The Morgan fingerprint density at radius 3 is 2.88 bits per heavy atom. The van der Waals surface area contributed by atoms with Crippen molar-refractivity contribution in [3.63, 3.8) is 0 Å². The monoisotopic (exact) mass is 272 g/mol. The van der Waals surface area contributed by atoms with E-state index in [2.05, 4.69) is 4.74 Å². The van der Waals surface area contributed by atoms with E-state index in [1.807, 2.05) is 24.3 Å². The van der Waals surface area contributed by atoms with Crippen LogP contribution in [0.25, 0.3) is 6.08 Å². The second-order valence-electron chi connectivity index (χ2n) is 3.51. The van der Waals surface area contributed by atoms with Crippen LogP contribution in [0.1, 0.15) is 24.8 Å². The quantitative estimate of drug-likeness (QED) is 0.589. The highest BCUT2D eigenvalue weighted by Crippen LogP contribution is 2.26. The standard InChI is InChI=1S/C13H14Cl2O2/c1-17-12(16)9-4-2-3-6-10-7-5-8-11(14)13(10)15/h3,5-8H,2,4,9H2,1H3/b6-3+. The van der Waals surface area contributed by atoms with Crippen LogP contribution in [0.5, 0.6) is 0 Å². The number of rotatable bonds is 5. The Kier molecular flexibility index (Phi) is 6.09. The number of esters is 1. The van der Waals surface area contributed by atoms with E-state index in [4.69, 9.17) is 23.2 Å². The normalized spacial score (nSPS) is 10.8. The fourth-order valence-electron chi connectivity index (χ4n) is 1.33. The first-order valence-electron chi connectivity index (χ1n) is 5.32. The number of carbonyl (C=O) groups is 1. The molecule has 0 aromatic heterocycles. The first-order valence-corrected chi connectivity index (χ1v) is 6.08. The van der Waals surface area contributed by atoms with Crippen LogP contribution in [-0.2, 0) is 9.53 Å². The molecule has 1 aromatic rings. The summed E-state index contributed by atoms with van der Waals surface area (Å²) in [6.45, 7) is 0. The third-order valence-electron chi connectivity index (χ3n) is 2.26. The molecular weight excluding hydrogens is 259 g/mol. The molecule has 0 saturated carbocycles. The van der Waals surface area contributed by atoms with Crippen molar-refractivity contribution in [1.82, 2.24) is 0 Å². The molecule has 0 aliphatic rings. The predicted octanol–water partition coefficient (Wildman–Crippen LogP) is 4.35. The Morgan fingerprint density at radius 2 is 2.18 bits per heavy atom. The summed E-state index contributed by atoms with van der Waals surface area (Å²) in [7, 11) is 1.39. The van der Waals surface area contributed by atoms with E-state index in [0.717, 1.165) is 18.4 Å². The SMILES string of the molecule is COC(=O)CCC/C=C/c1cccc(Cl)c1Cl. The van der Waals surface area contributed by atoms with Gasteiger partial charge in [0.05, 0.1) is 17.2 Å². The summed E-state index contributed by atoms with van der Waals surface area (Å²) in [5.41, 5.74) is 0.886. The van der Waals surface area contributed by atoms with Gasteiger partial charge in [-0.05, 0) is 24.5 Å². The van der Waals surface area contributed by atoms with Crippen LogP contribution in [0, 0.1) is 0 Å². The first kappa shape index (κ1) is 14.1. The second kappa shape index (κ2) is 7.36. The van der Waals surface area contributed by atoms with Crippen molar-refractivity contribution in [2.75, 3.05) is 7.11 Å². The maximum atomic E-state index is 10.9. The van der Waals surface area contributed by atoms with E-state index in [1.165, 1.54) is 7.11 Å². The summed E-state index contributed by atoms with van der Waals surface area (Å²) < 4.78 is 4.55. The van der Waals surface area contributed by atoms with Gasteiger partial charge in [0.25, 0.3) is 0 Å². The van der Waals surface area contributed by atoms with E-state index in [-0.39, 0.29) is 5.97 Å². The summed E-state index contributed by atoms with van der Waals surface area (Å²) in [5, 5.41) is 1.10. The maximum absolute atomic E-state index is 10.9. The zero-order valence-electron chi connectivity index (χ0n) is 9.58. The molecule has 0 radical (unpaired) electrons. The van der Waals surface area contributed by atoms with Crippen molar-refractivity contribution in [2.24, 2.45) is 0 Å². The number of carbonyl (C=O) groups excluding carboxylic acids is 1. The van der Waals surface area contributed by atoms with Gasteiger partial charge in [-0.3, -0.25) is 4.79 Å². The van der Waals surface area contributed by atoms with E-state index < -0.39 is 0 Å². The summed E-state index contributed by atoms with van der Waals surface area (Å²) in [5.74, 6) is -0.181. The molecule has 0 N–H and O–H groups in total. The fourth-order valence-corrected chi connectivity index (χ4v) is 1.70. The molecule has 0 heterocycles. The predicted molar refractivity (Wildman–Crippen MR) is 71.4 cm³/mol. The van der Waals surface area contributed by atoms with Crippen LogP contribution in [0.15, 0.2) is 24.3 Å². The van der Waals surface area contributed by atoms with E-state index >= 15 is 0 Å². The van der Waals surface area contributed by atoms with Gasteiger partial charge in [-0.1, -0.05) is 47.5 Å². The Labute approximate surface area is 111 Å². The number of hydrogen-bond acceptors (Lipinski definition) is 2. The second-order valence-corrected chi connectivity index (χ2v) is 4.30. The summed E-state index contributed by atoms with van der Waals surface area (Å²) >= 11 is 11.9. The molecule has 0 unspecified atom stereocenters. The van der Waals surface area contributed by atoms with Crippen molar-refractivity contribution in [3.8, 4) is 0 Å². The molecular formula is C13H14Cl2O2. The van der Waals surface area contributed by atoms with Gasteiger partial charge in [0.2, 0.25) is 0 Å². The van der Waals surface area contributed by atoms with Gasteiger partial charge < -0.3 is 4.74 Å². The van der Waals surface area contributed by atoms with Crippen molar-refractivity contribution in [3.05, 3.63) is 39.9 Å².